The van der Waals surface area contributed by atoms with Crippen LogP contribution in [0.5, 0.6) is 0 Å². The van der Waals surface area contributed by atoms with Crippen molar-refractivity contribution in [2.45, 2.75) is 19.3 Å². The Balaban J connectivity index is 1.09. The molecule has 13 aromatic rings. The van der Waals surface area contributed by atoms with Crippen LogP contribution in [0.1, 0.15) is 25.0 Å². The summed E-state index contributed by atoms with van der Waals surface area (Å²) in [7, 11) is 0. The molecule has 0 saturated heterocycles. The van der Waals surface area contributed by atoms with E-state index in [4.69, 9.17) is 0 Å². The van der Waals surface area contributed by atoms with Gasteiger partial charge in [0.15, 0.2) is 0 Å². The second-order valence-electron chi connectivity index (χ2n) is 19.2. The summed E-state index contributed by atoms with van der Waals surface area (Å²) in [6.45, 7) is 4.91. The Morgan fingerprint density at radius 3 is 1.40 bits per heavy atom. The first-order valence-electron chi connectivity index (χ1n) is 24.4. The van der Waals surface area contributed by atoms with E-state index in [1.165, 1.54) is 92.8 Å². The second kappa shape index (κ2) is 15.6. The molecule has 0 atom stereocenters. The average molecular weight is 894 g/mol. The minimum Gasteiger partial charge on any atom is -0.309 e. The molecule has 0 aliphatic heterocycles. The molecule has 70 heavy (non-hydrogen) atoms. The maximum Gasteiger partial charge on any atom is 0.0588 e. The van der Waals surface area contributed by atoms with E-state index in [0.717, 1.165) is 34.1 Å². The highest BCUT2D eigenvalue weighted by Crippen LogP contribution is 2.58. The predicted molar refractivity (Wildman–Crippen MR) is 298 cm³/mol. The van der Waals surface area contributed by atoms with Gasteiger partial charge in [-0.25, -0.2) is 0 Å². The molecule has 330 valence electrons. The molecule has 1 aliphatic carbocycles. The lowest BCUT2D eigenvalue weighted by atomic mass is 9.80. The average Bonchev–Trinajstić information content (AvgIpc) is 3.87. The largest absolute Gasteiger partial charge is 0.309 e. The number of rotatable bonds is 7. The van der Waals surface area contributed by atoms with Gasteiger partial charge in [-0.3, -0.25) is 0 Å². The van der Waals surface area contributed by atoms with Crippen LogP contribution in [0, 0.1) is 0 Å². The zero-order valence-corrected chi connectivity index (χ0v) is 39.0. The van der Waals surface area contributed by atoms with Crippen LogP contribution >= 0.6 is 0 Å². The third-order valence-electron chi connectivity index (χ3n) is 15.0. The van der Waals surface area contributed by atoms with Gasteiger partial charge in [0, 0.05) is 54.8 Å². The SMILES string of the molecule is CC1(C)c2cc(N(c3ccccc3)c3cccc4ccccc34)c3ccccc3c2-c2ccc3c4c5ccccc5c(N(c5ccccc5)c5cccc6ccccc56)cc4n(-c4ccccc4)c3c21. The fourth-order valence-corrected chi connectivity index (χ4v) is 12.1. The highest BCUT2D eigenvalue weighted by molar-refractivity contribution is 6.27. The number of nitrogens with zero attached hydrogens (tertiary/aromatic N) is 3. The van der Waals surface area contributed by atoms with Gasteiger partial charge in [0.05, 0.1) is 33.8 Å². The standard InChI is InChI=1S/C67H47N3/c1-67(2)57-42-60(68(46-26-6-3-7-27-46)58-38-20-24-44-22-12-14-32-49(44)58)51-34-16-18-36-53(51)63(57)55-40-41-56-64-54-37-19-17-35-52(54)61(43-62(64)70(66(56)65(55)67)48-30-10-5-11-31-48)69(47-28-8-4-9-29-47)59-39-21-25-45-23-13-15-33-50(45)59/h3-43H,1-2H3. The van der Waals surface area contributed by atoms with Crippen molar-refractivity contribution in [2.24, 2.45) is 0 Å². The summed E-state index contributed by atoms with van der Waals surface area (Å²) < 4.78 is 2.58. The Bertz CT molecular complexity index is 4200. The number of anilines is 6. The molecular formula is C67H47N3. The van der Waals surface area contributed by atoms with Crippen molar-refractivity contribution in [3.8, 4) is 16.8 Å². The van der Waals surface area contributed by atoms with Crippen molar-refractivity contribution >= 4 is 99.0 Å². The number of fused-ring (bicyclic) bond motifs is 13. The Kier molecular flexibility index (Phi) is 8.93. The number of hydrogen-bond donors (Lipinski definition) is 0. The zero-order chi connectivity index (χ0) is 46.5. The number of hydrogen-bond acceptors (Lipinski definition) is 2. The van der Waals surface area contributed by atoms with Gasteiger partial charge in [-0.2, -0.15) is 0 Å². The molecular weight excluding hydrogens is 847 g/mol. The minimum absolute atomic E-state index is 0.400. The van der Waals surface area contributed by atoms with Crippen LogP contribution in [-0.4, -0.2) is 4.57 Å². The predicted octanol–water partition coefficient (Wildman–Crippen LogP) is 18.6. The van der Waals surface area contributed by atoms with E-state index in [2.05, 4.69) is 277 Å². The number of aromatic nitrogens is 1. The van der Waals surface area contributed by atoms with Crippen molar-refractivity contribution in [3.63, 3.8) is 0 Å². The molecule has 3 heteroatoms. The van der Waals surface area contributed by atoms with E-state index in [-0.39, 0.29) is 0 Å². The fourth-order valence-electron chi connectivity index (χ4n) is 12.1. The van der Waals surface area contributed by atoms with Crippen LogP contribution in [0.2, 0.25) is 0 Å². The van der Waals surface area contributed by atoms with Gasteiger partial charge in [-0.1, -0.05) is 202 Å². The summed E-state index contributed by atoms with van der Waals surface area (Å²) in [6, 6.07) is 91.6. The lowest BCUT2D eigenvalue weighted by Gasteiger charge is -2.30. The van der Waals surface area contributed by atoms with E-state index in [9.17, 15) is 0 Å². The van der Waals surface area contributed by atoms with Gasteiger partial charge in [-0.05, 0) is 104 Å². The molecule has 0 saturated carbocycles. The summed E-state index contributed by atoms with van der Waals surface area (Å²) in [5.41, 5.74) is 15.3. The first kappa shape index (κ1) is 40.2. The van der Waals surface area contributed by atoms with Crippen molar-refractivity contribution in [1.82, 2.24) is 4.57 Å². The van der Waals surface area contributed by atoms with Crippen LogP contribution in [-0.2, 0) is 5.41 Å². The molecule has 3 nitrogen and oxygen atoms in total. The first-order chi connectivity index (χ1) is 34.5. The monoisotopic (exact) mass is 893 g/mol. The van der Waals surface area contributed by atoms with E-state index < -0.39 is 5.41 Å². The molecule has 0 bridgehead atoms. The molecule has 0 unspecified atom stereocenters. The smallest absolute Gasteiger partial charge is 0.0588 e. The molecule has 14 rings (SSSR count). The minimum atomic E-state index is -0.400. The van der Waals surface area contributed by atoms with E-state index in [0.29, 0.717) is 0 Å². The van der Waals surface area contributed by atoms with Gasteiger partial charge in [-0.15, -0.1) is 0 Å². The van der Waals surface area contributed by atoms with Gasteiger partial charge < -0.3 is 14.4 Å². The normalized spacial score (nSPS) is 12.8. The van der Waals surface area contributed by atoms with Crippen molar-refractivity contribution in [3.05, 3.63) is 260 Å². The van der Waals surface area contributed by atoms with Crippen LogP contribution < -0.4 is 9.80 Å². The summed E-state index contributed by atoms with van der Waals surface area (Å²) in [6.07, 6.45) is 0. The molecule has 0 spiro atoms. The summed E-state index contributed by atoms with van der Waals surface area (Å²) in [5.74, 6) is 0. The molecule has 0 N–H and O–H groups in total. The highest BCUT2D eigenvalue weighted by Gasteiger charge is 2.41. The zero-order valence-electron chi connectivity index (χ0n) is 39.0. The van der Waals surface area contributed by atoms with Crippen LogP contribution in [0.25, 0.3) is 81.7 Å². The first-order valence-corrected chi connectivity index (χ1v) is 24.4. The van der Waals surface area contributed by atoms with E-state index in [1.807, 2.05) is 0 Å². The lowest BCUT2D eigenvalue weighted by molar-refractivity contribution is 0.664. The van der Waals surface area contributed by atoms with E-state index in [1.54, 1.807) is 0 Å². The molecule has 0 amide bonds. The van der Waals surface area contributed by atoms with Crippen LogP contribution in [0.4, 0.5) is 34.1 Å². The Labute approximate surface area is 407 Å². The summed E-state index contributed by atoms with van der Waals surface area (Å²) in [5, 5.41) is 12.3. The maximum atomic E-state index is 2.58. The molecule has 0 radical (unpaired) electrons. The topological polar surface area (TPSA) is 11.4 Å². The van der Waals surface area contributed by atoms with Gasteiger partial charge in [0.2, 0.25) is 0 Å². The number of benzene rings is 12. The maximum absolute atomic E-state index is 2.58. The third-order valence-corrected chi connectivity index (χ3v) is 15.0. The second-order valence-corrected chi connectivity index (χ2v) is 19.2. The van der Waals surface area contributed by atoms with Crippen LogP contribution in [0.3, 0.4) is 0 Å². The quantitative estimate of drug-likeness (QED) is 0.158. The molecule has 1 heterocycles. The molecule has 0 fully saturated rings. The summed E-state index contributed by atoms with van der Waals surface area (Å²) >= 11 is 0. The van der Waals surface area contributed by atoms with Gasteiger partial charge in [0.25, 0.3) is 0 Å². The van der Waals surface area contributed by atoms with Gasteiger partial charge >= 0.3 is 0 Å². The molecule has 1 aromatic heterocycles. The number of para-hydroxylation sites is 3. The van der Waals surface area contributed by atoms with Crippen molar-refractivity contribution in [1.29, 1.82) is 0 Å². The Hall–Kier alpha value is -8.92. The Morgan fingerprint density at radius 1 is 0.357 bits per heavy atom. The van der Waals surface area contributed by atoms with Crippen LogP contribution in [0.15, 0.2) is 249 Å². The summed E-state index contributed by atoms with van der Waals surface area (Å²) in [4.78, 5) is 4.96. The van der Waals surface area contributed by atoms with Gasteiger partial charge in [0.1, 0.15) is 0 Å². The molecule has 12 aromatic carbocycles. The lowest BCUT2D eigenvalue weighted by Crippen LogP contribution is -2.18. The third kappa shape index (κ3) is 5.88. The highest BCUT2D eigenvalue weighted by atomic mass is 15.2. The fraction of sp³-hybridized carbons (Fsp3) is 0.0448. The molecule has 1 aliphatic rings. The van der Waals surface area contributed by atoms with E-state index >= 15 is 0 Å². The van der Waals surface area contributed by atoms with Crippen molar-refractivity contribution < 1.29 is 0 Å². The van der Waals surface area contributed by atoms with Crippen molar-refractivity contribution in [2.75, 3.05) is 9.80 Å². The Morgan fingerprint density at radius 2 is 0.814 bits per heavy atom.